The quantitative estimate of drug-likeness (QED) is 0.147. The molecule has 2 N–H and O–H groups in total. The van der Waals surface area contributed by atoms with Gasteiger partial charge in [0.1, 0.15) is 0 Å². The fraction of sp³-hybridized carbons (Fsp3) is 0.885. The van der Waals surface area contributed by atoms with Crippen molar-refractivity contribution in [3.05, 3.63) is 12.2 Å². The van der Waals surface area contributed by atoms with Gasteiger partial charge in [-0.1, -0.05) is 96.1 Å². The molecular formula is C26H51NO3. The second-order valence-corrected chi connectivity index (χ2v) is 8.58. The first-order valence-corrected chi connectivity index (χ1v) is 12.9. The van der Waals surface area contributed by atoms with E-state index in [9.17, 15) is 4.79 Å². The first-order valence-electron chi connectivity index (χ1n) is 12.9. The van der Waals surface area contributed by atoms with Crippen LogP contribution in [0.4, 0.5) is 0 Å². The number of carbonyl (C=O) groups is 1. The van der Waals surface area contributed by atoms with E-state index in [1.807, 2.05) is 0 Å². The Morgan fingerprint density at radius 1 is 0.633 bits per heavy atom. The topological polar surface area (TPSA) is 60.8 Å². The lowest BCUT2D eigenvalue weighted by Gasteiger charge is -2.20. The van der Waals surface area contributed by atoms with Crippen LogP contribution in [0.2, 0.25) is 0 Å². The maximum Gasteiger partial charge on any atom is 0.222 e. The molecule has 0 atom stereocenters. The van der Waals surface area contributed by atoms with E-state index < -0.39 is 0 Å². The van der Waals surface area contributed by atoms with Gasteiger partial charge >= 0.3 is 0 Å². The molecule has 0 fully saturated rings. The highest BCUT2D eigenvalue weighted by Crippen LogP contribution is 2.12. The van der Waals surface area contributed by atoms with Crippen LogP contribution in [-0.2, 0) is 4.79 Å². The zero-order chi connectivity index (χ0) is 22.1. The van der Waals surface area contributed by atoms with Crippen molar-refractivity contribution in [2.75, 3.05) is 26.3 Å². The Bertz CT molecular complexity index is 378. The summed E-state index contributed by atoms with van der Waals surface area (Å²) in [6, 6.07) is 0. The lowest BCUT2D eigenvalue weighted by atomic mass is 10.1. The molecule has 178 valence electrons. The van der Waals surface area contributed by atoms with Gasteiger partial charge in [-0.15, -0.1) is 0 Å². The van der Waals surface area contributed by atoms with Crippen LogP contribution in [-0.4, -0.2) is 47.3 Å². The fourth-order valence-corrected chi connectivity index (χ4v) is 3.81. The van der Waals surface area contributed by atoms with Gasteiger partial charge < -0.3 is 15.1 Å². The summed E-state index contributed by atoms with van der Waals surface area (Å²) in [7, 11) is 0. The van der Waals surface area contributed by atoms with E-state index in [1.165, 1.54) is 96.3 Å². The van der Waals surface area contributed by atoms with E-state index in [0.29, 0.717) is 19.5 Å². The van der Waals surface area contributed by atoms with Gasteiger partial charge in [-0.2, -0.15) is 0 Å². The van der Waals surface area contributed by atoms with Crippen molar-refractivity contribution >= 4 is 5.91 Å². The van der Waals surface area contributed by atoms with Gasteiger partial charge in [0.15, 0.2) is 0 Å². The third-order valence-corrected chi connectivity index (χ3v) is 5.74. The molecule has 4 heteroatoms. The summed E-state index contributed by atoms with van der Waals surface area (Å²) in [4.78, 5) is 13.6. The van der Waals surface area contributed by atoms with E-state index in [1.54, 1.807) is 4.90 Å². The summed E-state index contributed by atoms with van der Waals surface area (Å²) < 4.78 is 0. The van der Waals surface area contributed by atoms with Crippen molar-refractivity contribution in [1.29, 1.82) is 0 Å². The van der Waals surface area contributed by atoms with Gasteiger partial charge in [0.05, 0.1) is 13.2 Å². The molecule has 0 aromatic carbocycles. The molecule has 0 saturated carbocycles. The molecule has 4 nitrogen and oxygen atoms in total. The van der Waals surface area contributed by atoms with Crippen LogP contribution < -0.4 is 0 Å². The SMILES string of the molecule is CCCCCCCC/C=C/CCCCCCCCCCCC(=O)N(CCO)CCO. The number of hydrogen-bond acceptors (Lipinski definition) is 3. The predicted molar refractivity (Wildman–Crippen MR) is 129 cm³/mol. The molecule has 0 saturated heterocycles. The molecule has 0 aliphatic carbocycles. The van der Waals surface area contributed by atoms with E-state index >= 15 is 0 Å². The van der Waals surface area contributed by atoms with E-state index in [-0.39, 0.29) is 19.1 Å². The highest BCUT2D eigenvalue weighted by atomic mass is 16.3. The minimum Gasteiger partial charge on any atom is -0.395 e. The van der Waals surface area contributed by atoms with Crippen LogP contribution in [0.3, 0.4) is 0 Å². The first kappa shape index (κ1) is 29.1. The smallest absolute Gasteiger partial charge is 0.222 e. The molecule has 1 amide bonds. The second kappa shape index (κ2) is 24.4. The van der Waals surface area contributed by atoms with Crippen molar-refractivity contribution < 1.29 is 15.0 Å². The molecule has 0 aliphatic rings. The van der Waals surface area contributed by atoms with Gasteiger partial charge in [-0.25, -0.2) is 0 Å². The first-order chi connectivity index (χ1) is 14.8. The summed E-state index contributed by atoms with van der Waals surface area (Å²) in [6.07, 6.45) is 27.3. The van der Waals surface area contributed by atoms with E-state index in [2.05, 4.69) is 19.1 Å². The number of carbonyl (C=O) groups excluding carboxylic acids is 1. The van der Waals surface area contributed by atoms with E-state index in [4.69, 9.17) is 10.2 Å². The Morgan fingerprint density at radius 2 is 1.03 bits per heavy atom. The van der Waals surface area contributed by atoms with Gasteiger partial charge in [-0.05, 0) is 32.1 Å². The van der Waals surface area contributed by atoms with Crippen LogP contribution in [0.5, 0.6) is 0 Å². The molecule has 0 heterocycles. The number of amides is 1. The van der Waals surface area contributed by atoms with Crippen molar-refractivity contribution in [2.24, 2.45) is 0 Å². The minimum atomic E-state index is -0.0405. The van der Waals surface area contributed by atoms with Crippen molar-refractivity contribution in [1.82, 2.24) is 4.90 Å². The molecule has 0 aromatic rings. The molecule has 30 heavy (non-hydrogen) atoms. The zero-order valence-electron chi connectivity index (χ0n) is 20.0. The molecular weight excluding hydrogens is 374 g/mol. The van der Waals surface area contributed by atoms with Crippen LogP contribution in [0, 0.1) is 0 Å². The Kier molecular flexibility index (Phi) is 23.7. The van der Waals surface area contributed by atoms with Crippen molar-refractivity contribution in [2.45, 2.75) is 122 Å². The van der Waals surface area contributed by atoms with Gasteiger partial charge in [0.2, 0.25) is 5.91 Å². The summed E-state index contributed by atoms with van der Waals surface area (Å²) in [5.41, 5.74) is 0. The molecule has 0 unspecified atom stereocenters. The number of nitrogens with zero attached hydrogens (tertiary/aromatic N) is 1. The lowest BCUT2D eigenvalue weighted by Crippen LogP contribution is -2.35. The number of hydrogen-bond donors (Lipinski definition) is 2. The number of aliphatic hydroxyl groups is 2. The normalized spacial score (nSPS) is 11.4. The predicted octanol–water partition coefficient (Wildman–Crippen LogP) is 6.40. The van der Waals surface area contributed by atoms with E-state index in [0.717, 1.165) is 12.8 Å². The number of allylic oxidation sites excluding steroid dienone is 2. The zero-order valence-corrected chi connectivity index (χ0v) is 20.0. The van der Waals surface area contributed by atoms with Crippen LogP contribution in [0.25, 0.3) is 0 Å². The average Bonchev–Trinajstić information content (AvgIpc) is 2.75. The highest BCUT2D eigenvalue weighted by molar-refractivity contribution is 5.76. The molecule has 0 bridgehead atoms. The van der Waals surface area contributed by atoms with Gasteiger partial charge in [-0.3, -0.25) is 4.79 Å². The van der Waals surface area contributed by atoms with Crippen molar-refractivity contribution in [3.63, 3.8) is 0 Å². The molecule has 0 radical (unpaired) electrons. The third kappa shape index (κ3) is 20.4. The largest absolute Gasteiger partial charge is 0.395 e. The van der Waals surface area contributed by atoms with Gasteiger partial charge in [0.25, 0.3) is 0 Å². The summed E-state index contributed by atoms with van der Waals surface area (Å²) in [5.74, 6) is 0.0547. The minimum absolute atomic E-state index is 0.0405. The Balaban J connectivity index is 3.31. The highest BCUT2D eigenvalue weighted by Gasteiger charge is 2.11. The van der Waals surface area contributed by atoms with Crippen LogP contribution >= 0.6 is 0 Å². The summed E-state index contributed by atoms with van der Waals surface area (Å²) in [6.45, 7) is 2.85. The standard InChI is InChI=1S/C26H51NO3/c1-2-3-4-5-6-7-8-9-10-11-12-13-14-15-16-17-18-19-20-21-26(30)27(22-24-28)23-25-29/h9-10,28-29H,2-8,11-25H2,1H3/b10-9+. The fourth-order valence-electron chi connectivity index (χ4n) is 3.81. The molecule has 0 spiro atoms. The third-order valence-electron chi connectivity index (χ3n) is 5.74. The lowest BCUT2D eigenvalue weighted by molar-refractivity contribution is -0.132. The van der Waals surface area contributed by atoms with Crippen molar-refractivity contribution in [3.8, 4) is 0 Å². The average molecular weight is 426 g/mol. The molecule has 0 aliphatic heterocycles. The number of aliphatic hydroxyl groups excluding tert-OH is 2. The maximum absolute atomic E-state index is 12.0. The second-order valence-electron chi connectivity index (χ2n) is 8.58. The molecule has 0 aromatic heterocycles. The van der Waals surface area contributed by atoms with Gasteiger partial charge in [0, 0.05) is 19.5 Å². The Hall–Kier alpha value is -0.870. The van der Waals surface area contributed by atoms with Crippen LogP contribution in [0.1, 0.15) is 122 Å². The summed E-state index contributed by atoms with van der Waals surface area (Å²) in [5, 5.41) is 17.9. The Labute approximate surface area is 187 Å². The number of unbranched alkanes of at least 4 members (excludes halogenated alkanes) is 15. The van der Waals surface area contributed by atoms with Crippen LogP contribution in [0.15, 0.2) is 12.2 Å². The monoisotopic (exact) mass is 425 g/mol. The maximum atomic E-state index is 12.0. The number of rotatable bonds is 23. The molecule has 0 rings (SSSR count). The summed E-state index contributed by atoms with van der Waals surface area (Å²) >= 11 is 0. The Morgan fingerprint density at radius 3 is 1.47 bits per heavy atom.